The molecule has 0 bridgehead atoms. The summed E-state index contributed by atoms with van der Waals surface area (Å²) in [7, 11) is 0. The van der Waals surface area contributed by atoms with Gasteiger partial charge in [0.25, 0.3) is 0 Å². The van der Waals surface area contributed by atoms with Crippen molar-refractivity contribution in [2.24, 2.45) is 0 Å². The summed E-state index contributed by atoms with van der Waals surface area (Å²) in [6, 6.07) is 17.0. The van der Waals surface area contributed by atoms with E-state index in [2.05, 4.69) is 55.5 Å². The monoisotopic (exact) mass is 235 g/mol. The maximum Gasteiger partial charge on any atom is 0.0719 e. The Morgan fingerprint density at radius 1 is 0.944 bits per heavy atom. The lowest BCUT2D eigenvalue weighted by Crippen LogP contribution is -1.85. The van der Waals surface area contributed by atoms with Crippen LogP contribution in [0, 0.1) is 0 Å². The molecule has 0 saturated carbocycles. The average Bonchev–Trinajstić information content (AvgIpc) is 2.59. The van der Waals surface area contributed by atoms with Gasteiger partial charge in [-0.05, 0) is 30.5 Å². The summed E-state index contributed by atoms with van der Waals surface area (Å²) in [5, 5.41) is 1.34. The zero-order chi connectivity index (χ0) is 12.4. The van der Waals surface area contributed by atoms with Gasteiger partial charge in [0.15, 0.2) is 0 Å². The van der Waals surface area contributed by atoms with Crippen LogP contribution in [-0.4, -0.2) is 4.98 Å². The van der Waals surface area contributed by atoms with E-state index in [-0.39, 0.29) is 0 Å². The van der Waals surface area contributed by atoms with Gasteiger partial charge in [0.2, 0.25) is 0 Å². The maximum atomic E-state index is 4.72. The summed E-state index contributed by atoms with van der Waals surface area (Å²) in [6.07, 6.45) is 3.62. The van der Waals surface area contributed by atoms with E-state index >= 15 is 0 Å². The van der Waals surface area contributed by atoms with Crippen LogP contribution < -0.4 is 0 Å². The summed E-state index contributed by atoms with van der Waals surface area (Å²) < 4.78 is 0. The van der Waals surface area contributed by atoms with Crippen LogP contribution in [-0.2, 0) is 6.42 Å². The van der Waals surface area contributed by atoms with E-state index < -0.39 is 0 Å². The molecule has 0 unspecified atom stereocenters. The van der Waals surface area contributed by atoms with Gasteiger partial charge >= 0.3 is 0 Å². The van der Waals surface area contributed by atoms with Gasteiger partial charge in [0.1, 0.15) is 0 Å². The van der Waals surface area contributed by atoms with Crippen LogP contribution in [0.25, 0.3) is 22.2 Å². The second-order valence-corrected chi connectivity index (χ2v) is 4.74. The number of fused-ring (bicyclic) bond motifs is 3. The highest BCUT2D eigenvalue weighted by Crippen LogP contribution is 2.33. The van der Waals surface area contributed by atoms with Crippen molar-refractivity contribution in [2.75, 3.05) is 0 Å². The predicted molar refractivity (Wildman–Crippen MR) is 77.0 cm³/mol. The van der Waals surface area contributed by atoms with Gasteiger partial charge in [0.05, 0.1) is 11.2 Å². The first-order valence-electron chi connectivity index (χ1n) is 6.66. The smallest absolute Gasteiger partial charge is 0.0719 e. The molecule has 1 heteroatoms. The van der Waals surface area contributed by atoms with Gasteiger partial charge in [-0.3, -0.25) is 0 Å². The lowest BCUT2D eigenvalue weighted by atomic mass is 10.0. The minimum atomic E-state index is 1.10. The molecule has 1 aromatic carbocycles. The molecule has 0 atom stereocenters. The number of benzene rings is 1. The van der Waals surface area contributed by atoms with Crippen molar-refractivity contribution < 1.29 is 0 Å². The fourth-order valence-corrected chi connectivity index (χ4v) is 2.54. The Hall–Kier alpha value is -1.89. The first-order valence-corrected chi connectivity index (χ1v) is 6.66. The van der Waals surface area contributed by atoms with Crippen molar-refractivity contribution in [3.63, 3.8) is 0 Å². The Bertz CT molecular complexity index is 642. The molecule has 90 valence electrons. The van der Waals surface area contributed by atoms with E-state index in [1.54, 1.807) is 0 Å². The largest absolute Gasteiger partial charge is 0.248 e. The van der Waals surface area contributed by atoms with Crippen molar-refractivity contribution in [1.29, 1.82) is 0 Å². The van der Waals surface area contributed by atoms with E-state index in [1.807, 2.05) is 0 Å². The first kappa shape index (κ1) is 11.2. The number of aromatic nitrogens is 1. The van der Waals surface area contributed by atoms with Crippen molar-refractivity contribution in [2.45, 2.75) is 26.2 Å². The number of unbranched alkanes of at least 4 members (excludes halogenated alkanes) is 1. The third-order valence-corrected chi connectivity index (χ3v) is 3.45. The quantitative estimate of drug-likeness (QED) is 0.642. The summed E-state index contributed by atoms with van der Waals surface area (Å²) in [5.74, 6) is 0. The number of rotatable bonds is 3. The van der Waals surface area contributed by atoms with Crippen LogP contribution in [0.1, 0.15) is 25.3 Å². The lowest BCUT2D eigenvalue weighted by molar-refractivity contribution is 0.799. The second-order valence-electron chi connectivity index (χ2n) is 4.74. The molecule has 1 aromatic rings. The lowest BCUT2D eigenvalue weighted by Gasteiger charge is -2.03. The molecule has 0 N–H and O–H groups in total. The minimum absolute atomic E-state index is 1.10. The molecule has 0 aromatic heterocycles. The number of hydrogen-bond donors (Lipinski definition) is 0. The van der Waals surface area contributed by atoms with Crippen LogP contribution in [0.3, 0.4) is 0 Å². The molecule has 1 aliphatic carbocycles. The molecule has 3 rings (SSSR count). The summed E-state index contributed by atoms with van der Waals surface area (Å²) >= 11 is 0. The molecular formula is C17H17N. The topological polar surface area (TPSA) is 12.9 Å². The van der Waals surface area contributed by atoms with Crippen molar-refractivity contribution in [1.82, 2.24) is 4.98 Å². The number of aryl methyl sites for hydroxylation is 1. The van der Waals surface area contributed by atoms with Crippen LogP contribution in [0.15, 0.2) is 48.5 Å². The fraction of sp³-hybridized carbons (Fsp3) is 0.235. The first-order chi connectivity index (χ1) is 8.90. The predicted octanol–water partition coefficient (Wildman–Crippen LogP) is 4.68. The molecule has 1 aliphatic heterocycles. The molecular weight excluding hydrogens is 218 g/mol. The van der Waals surface area contributed by atoms with E-state index in [0.717, 1.165) is 17.6 Å². The van der Waals surface area contributed by atoms with Gasteiger partial charge in [-0.25, -0.2) is 4.98 Å². The highest BCUT2D eigenvalue weighted by atomic mass is 14.7. The highest BCUT2D eigenvalue weighted by Gasteiger charge is 2.12. The molecule has 0 saturated heterocycles. The summed E-state index contributed by atoms with van der Waals surface area (Å²) in [4.78, 5) is 4.72. The molecule has 0 amide bonds. The third kappa shape index (κ3) is 1.86. The van der Waals surface area contributed by atoms with Crippen LogP contribution in [0.4, 0.5) is 0 Å². The molecule has 0 radical (unpaired) electrons. The minimum Gasteiger partial charge on any atom is -0.248 e. The van der Waals surface area contributed by atoms with Crippen molar-refractivity contribution >= 4 is 10.9 Å². The zero-order valence-corrected chi connectivity index (χ0v) is 10.7. The Morgan fingerprint density at radius 3 is 2.72 bits per heavy atom. The molecule has 1 heterocycles. The van der Waals surface area contributed by atoms with Gasteiger partial charge < -0.3 is 0 Å². The van der Waals surface area contributed by atoms with Crippen LogP contribution >= 0.6 is 0 Å². The number of hydrogen-bond acceptors (Lipinski definition) is 1. The Balaban J connectivity index is 2.25. The van der Waals surface area contributed by atoms with Crippen molar-refractivity contribution in [3.05, 3.63) is 54.1 Å². The van der Waals surface area contributed by atoms with Gasteiger partial charge in [-0.2, -0.15) is 0 Å². The average molecular weight is 235 g/mol. The van der Waals surface area contributed by atoms with Crippen LogP contribution in [0.2, 0.25) is 0 Å². The van der Waals surface area contributed by atoms with E-state index in [1.165, 1.54) is 29.4 Å². The van der Waals surface area contributed by atoms with E-state index in [9.17, 15) is 0 Å². The van der Waals surface area contributed by atoms with Crippen LogP contribution in [0.5, 0.6) is 0 Å². The van der Waals surface area contributed by atoms with Gasteiger partial charge in [-0.15, -0.1) is 0 Å². The Labute approximate surface area is 108 Å². The maximum absolute atomic E-state index is 4.72. The molecule has 0 fully saturated rings. The highest BCUT2D eigenvalue weighted by molar-refractivity contribution is 5.99. The van der Waals surface area contributed by atoms with Gasteiger partial charge in [-0.1, -0.05) is 49.7 Å². The third-order valence-electron chi connectivity index (χ3n) is 3.45. The van der Waals surface area contributed by atoms with Crippen molar-refractivity contribution in [3.8, 4) is 11.3 Å². The fourth-order valence-electron chi connectivity index (χ4n) is 2.54. The molecule has 0 spiro atoms. The second kappa shape index (κ2) is 4.77. The molecule has 1 nitrogen and oxygen atoms in total. The molecule has 2 aliphatic rings. The molecule has 18 heavy (non-hydrogen) atoms. The van der Waals surface area contributed by atoms with E-state index in [4.69, 9.17) is 4.98 Å². The standard InChI is InChI=1S/C17H17N/c1-2-3-8-13-9-7-12-16-17(13)14-10-5-4-6-11-15(14)18-16/h4-7,9-12H,2-3,8H2,1H3. The van der Waals surface area contributed by atoms with E-state index in [0.29, 0.717) is 0 Å². The Kier molecular flexibility index (Phi) is 2.97. The zero-order valence-electron chi connectivity index (χ0n) is 10.7. The Morgan fingerprint density at radius 2 is 1.83 bits per heavy atom. The summed E-state index contributed by atoms with van der Waals surface area (Å²) in [6.45, 7) is 2.24. The SMILES string of the molecule is CCCCc1cccc2nc3cccccc-3c12. The number of nitrogens with zero attached hydrogens (tertiary/aromatic N) is 1. The normalized spacial score (nSPS) is 11.2. The van der Waals surface area contributed by atoms with Gasteiger partial charge in [0, 0.05) is 10.9 Å². The summed E-state index contributed by atoms with van der Waals surface area (Å²) in [5.41, 5.74) is 4.94.